The van der Waals surface area contributed by atoms with Crippen molar-refractivity contribution in [3.05, 3.63) is 11.8 Å². The van der Waals surface area contributed by atoms with E-state index in [4.69, 9.17) is 19.0 Å². The SMILES string of the molecule is O=C(O)COCc1nnc(CCC2CCCO2)o1. The van der Waals surface area contributed by atoms with Crippen molar-refractivity contribution >= 4 is 5.97 Å². The lowest BCUT2D eigenvalue weighted by Gasteiger charge is -2.05. The Morgan fingerprint density at radius 3 is 3.00 bits per heavy atom. The minimum Gasteiger partial charge on any atom is -0.480 e. The highest BCUT2D eigenvalue weighted by Crippen LogP contribution is 2.17. The number of carboxylic acid groups (broad SMARTS) is 1. The molecular formula is C11H16N2O5. The van der Waals surface area contributed by atoms with Crippen molar-refractivity contribution in [3.8, 4) is 0 Å². The lowest BCUT2D eigenvalue weighted by Crippen LogP contribution is -2.06. The van der Waals surface area contributed by atoms with Crippen LogP contribution in [0.3, 0.4) is 0 Å². The van der Waals surface area contributed by atoms with Gasteiger partial charge in [0.2, 0.25) is 11.8 Å². The summed E-state index contributed by atoms with van der Waals surface area (Å²) < 4.78 is 15.7. The molecule has 0 aliphatic carbocycles. The summed E-state index contributed by atoms with van der Waals surface area (Å²) in [5.41, 5.74) is 0. The Morgan fingerprint density at radius 2 is 2.28 bits per heavy atom. The molecule has 0 radical (unpaired) electrons. The van der Waals surface area contributed by atoms with Gasteiger partial charge >= 0.3 is 5.97 Å². The van der Waals surface area contributed by atoms with E-state index < -0.39 is 5.97 Å². The zero-order chi connectivity index (χ0) is 12.8. The fourth-order valence-electron chi connectivity index (χ4n) is 1.83. The molecule has 1 unspecified atom stereocenters. The van der Waals surface area contributed by atoms with Crippen molar-refractivity contribution in [2.75, 3.05) is 13.2 Å². The van der Waals surface area contributed by atoms with E-state index in [0.29, 0.717) is 24.3 Å². The van der Waals surface area contributed by atoms with Crippen molar-refractivity contribution < 1.29 is 23.8 Å². The number of carbonyl (C=O) groups is 1. The predicted molar refractivity (Wildman–Crippen MR) is 58.9 cm³/mol. The van der Waals surface area contributed by atoms with Crippen LogP contribution in [0.15, 0.2) is 4.42 Å². The van der Waals surface area contributed by atoms with Gasteiger partial charge in [0.05, 0.1) is 6.10 Å². The second-order valence-electron chi connectivity index (χ2n) is 4.15. The quantitative estimate of drug-likeness (QED) is 0.770. The number of rotatable bonds is 7. The van der Waals surface area contributed by atoms with Gasteiger partial charge in [0.15, 0.2) is 0 Å². The molecule has 1 aromatic rings. The maximum atomic E-state index is 10.2. The van der Waals surface area contributed by atoms with Crippen LogP contribution in [-0.4, -0.2) is 40.6 Å². The Hall–Kier alpha value is -1.47. The molecule has 7 heteroatoms. The van der Waals surface area contributed by atoms with Crippen molar-refractivity contribution in [1.82, 2.24) is 10.2 Å². The highest BCUT2D eigenvalue weighted by molar-refractivity contribution is 5.67. The first-order valence-electron chi connectivity index (χ1n) is 5.96. The predicted octanol–water partition coefficient (Wildman–Crippen LogP) is 0.782. The molecule has 7 nitrogen and oxygen atoms in total. The summed E-state index contributed by atoms with van der Waals surface area (Å²) in [7, 11) is 0. The monoisotopic (exact) mass is 256 g/mol. The molecule has 2 heterocycles. The van der Waals surface area contributed by atoms with Crippen LogP contribution in [-0.2, 0) is 27.3 Å². The van der Waals surface area contributed by atoms with Crippen LogP contribution in [0, 0.1) is 0 Å². The Morgan fingerprint density at radius 1 is 1.44 bits per heavy atom. The lowest BCUT2D eigenvalue weighted by molar-refractivity contribution is -0.142. The third kappa shape index (κ3) is 4.08. The van der Waals surface area contributed by atoms with Gasteiger partial charge < -0.3 is 19.0 Å². The highest BCUT2D eigenvalue weighted by atomic mass is 16.5. The Kier molecular flexibility index (Phi) is 4.66. The van der Waals surface area contributed by atoms with Crippen molar-refractivity contribution in [1.29, 1.82) is 0 Å². The van der Waals surface area contributed by atoms with E-state index in [1.807, 2.05) is 0 Å². The number of ether oxygens (including phenoxy) is 2. The summed E-state index contributed by atoms with van der Waals surface area (Å²) in [5.74, 6) is -0.175. The fourth-order valence-corrected chi connectivity index (χ4v) is 1.83. The average molecular weight is 256 g/mol. The molecule has 0 saturated carbocycles. The number of hydrogen-bond donors (Lipinski definition) is 1. The summed E-state index contributed by atoms with van der Waals surface area (Å²) >= 11 is 0. The summed E-state index contributed by atoms with van der Waals surface area (Å²) in [6.45, 7) is 0.496. The topological polar surface area (TPSA) is 94.7 Å². The molecule has 2 rings (SSSR count). The molecule has 18 heavy (non-hydrogen) atoms. The third-order valence-corrected chi connectivity index (χ3v) is 2.66. The van der Waals surface area contributed by atoms with Gasteiger partial charge in [-0.2, -0.15) is 0 Å². The number of carboxylic acids is 1. The number of aliphatic carboxylic acids is 1. The van der Waals surface area contributed by atoms with Crippen molar-refractivity contribution in [3.63, 3.8) is 0 Å². The van der Waals surface area contributed by atoms with E-state index in [9.17, 15) is 4.79 Å². The summed E-state index contributed by atoms with van der Waals surface area (Å²) in [4.78, 5) is 10.2. The summed E-state index contributed by atoms with van der Waals surface area (Å²) in [6.07, 6.45) is 4.04. The average Bonchev–Trinajstić information content (AvgIpc) is 2.96. The van der Waals surface area contributed by atoms with E-state index in [1.165, 1.54) is 0 Å². The molecule has 0 aromatic carbocycles. The normalized spacial score (nSPS) is 19.2. The van der Waals surface area contributed by atoms with Crippen molar-refractivity contribution in [2.24, 2.45) is 0 Å². The van der Waals surface area contributed by atoms with Crippen LogP contribution in [0.5, 0.6) is 0 Å². The van der Waals surface area contributed by atoms with E-state index in [2.05, 4.69) is 10.2 Å². The zero-order valence-electron chi connectivity index (χ0n) is 10.0. The molecule has 1 aliphatic rings. The minimum atomic E-state index is -1.02. The molecule has 100 valence electrons. The maximum absolute atomic E-state index is 10.2. The zero-order valence-corrected chi connectivity index (χ0v) is 10.0. The van der Waals surface area contributed by atoms with Gasteiger partial charge in [-0.05, 0) is 19.3 Å². The Balaban J connectivity index is 1.70. The van der Waals surface area contributed by atoms with Gasteiger partial charge in [0.25, 0.3) is 0 Å². The molecule has 0 amide bonds. The first-order chi connectivity index (χ1) is 8.74. The van der Waals surface area contributed by atoms with Crippen molar-refractivity contribution in [2.45, 2.75) is 38.4 Å². The molecule has 1 aromatic heterocycles. The minimum absolute atomic E-state index is 0.0270. The van der Waals surface area contributed by atoms with Crippen LogP contribution in [0.4, 0.5) is 0 Å². The van der Waals surface area contributed by atoms with E-state index in [-0.39, 0.29) is 13.2 Å². The van der Waals surface area contributed by atoms with Gasteiger partial charge in [0, 0.05) is 13.0 Å². The van der Waals surface area contributed by atoms with Crippen LogP contribution >= 0.6 is 0 Å². The molecule has 1 aliphatic heterocycles. The Labute approximate surface area is 104 Å². The smallest absolute Gasteiger partial charge is 0.329 e. The molecule has 1 N–H and O–H groups in total. The van der Waals surface area contributed by atoms with Gasteiger partial charge in [-0.25, -0.2) is 4.79 Å². The van der Waals surface area contributed by atoms with Gasteiger partial charge in [0.1, 0.15) is 13.2 Å². The van der Waals surface area contributed by atoms with E-state index >= 15 is 0 Å². The second-order valence-corrected chi connectivity index (χ2v) is 4.15. The number of nitrogens with zero attached hydrogens (tertiary/aromatic N) is 2. The molecule has 1 fully saturated rings. The van der Waals surface area contributed by atoms with Crippen LogP contribution < -0.4 is 0 Å². The largest absolute Gasteiger partial charge is 0.480 e. The molecule has 0 spiro atoms. The van der Waals surface area contributed by atoms with Gasteiger partial charge in [-0.1, -0.05) is 0 Å². The van der Waals surface area contributed by atoms with Crippen LogP contribution in [0.25, 0.3) is 0 Å². The number of aromatic nitrogens is 2. The molecule has 1 saturated heterocycles. The maximum Gasteiger partial charge on any atom is 0.329 e. The highest BCUT2D eigenvalue weighted by Gasteiger charge is 2.16. The summed E-state index contributed by atoms with van der Waals surface area (Å²) in [6, 6.07) is 0. The number of hydrogen-bond acceptors (Lipinski definition) is 6. The standard InChI is InChI=1S/C11H16N2O5/c14-11(15)7-16-6-10-13-12-9(18-10)4-3-8-2-1-5-17-8/h8H,1-7H2,(H,14,15). The van der Waals surface area contributed by atoms with E-state index in [1.54, 1.807) is 0 Å². The van der Waals surface area contributed by atoms with E-state index in [0.717, 1.165) is 25.9 Å². The molecule has 0 bridgehead atoms. The number of aryl methyl sites for hydroxylation is 1. The fraction of sp³-hybridized carbons (Fsp3) is 0.727. The Bertz CT molecular complexity index is 387. The molecular weight excluding hydrogens is 240 g/mol. The van der Waals surface area contributed by atoms with Crippen LogP contribution in [0.1, 0.15) is 31.0 Å². The lowest BCUT2D eigenvalue weighted by atomic mass is 10.1. The summed E-state index contributed by atoms with van der Waals surface area (Å²) in [5, 5.41) is 16.1. The third-order valence-electron chi connectivity index (χ3n) is 2.66. The van der Waals surface area contributed by atoms with Gasteiger partial charge in [-0.3, -0.25) is 0 Å². The van der Waals surface area contributed by atoms with Gasteiger partial charge in [-0.15, -0.1) is 10.2 Å². The first kappa shape index (κ1) is 13.0. The molecule has 1 atom stereocenters. The second kappa shape index (κ2) is 6.46. The first-order valence-corrected chi connectivity index (χ1v) is 5.96. The van der Waals surface area contributed by atoms with Crippen LogP contribution in [0.2, 0.25) is 0 Å².